The number of carbonyl (C=O) groups is 1. The third-order valence-electron chi connectivity index (χ3n) is 5.71. The Morgan fingerprint density at radius 3 is 2.68 bits per heavy atom. The van der Waals surface area contributed by atoms with Gasteiger partial charge < -0.3 is 25.4 Å². The highest BCUT2D eigenvalue weighted by Crippen LogP contribution is 2.30. The number of ether oxygens (including phenoxy) is 1. The molecule has 1 aliphatic rings. The highest BCUT2D eigenvalue weighted by Gasteiger charge is 2.18. The first-order valence-electron chi connectivity index (χ1n) is 11.6. The number of benzene rings is 2. The normalized spacial score (nSPS) is 14.0. The van der Waals surface area contributed by atoms with Crippen molar-refractivity contribution < 1.29 is 19.2 Å². The molecule has 1 amide bonds. The standard InChI is InChI=1S/C25H31N5O4/c1-16(2)33-22-6-5-20(14-21(22)26)25-28-24(29-34-25)19-4-3-17-7-10-30(11-8-18(17)13-19)15-23(32)27-9-12-31/h3-6,13-14,16,31H,7-12,15,26H2,1-2H3,(H,27,32). The molecule has 2 heterocycles. The number of aromatic nitrogens is 2. The van der Waals surface area contributed by atoms with E-state index < -0.39 is 0 Å². The van der Waals surface area contributed by atoms with Gasteiger partial charge in [-0.15, -0.1) is 0 Å². The Hall–Kier alpha value is -3.43. The van der Waals surface area contributed by atoms with E-state index in [4.69, 9.17) is 20.1 Å². The van der Waals surface area contributed by atoms with Gasteiger partial charge in [0.2, 0.25) is 11.7 Å². The molecule has 0 saturated heterocycles. The Balaban J connectivity index is 1.46. The second-order valence-corrected chi connectivity index (χ2v) is 8.68. The van der Waals surface area contributed by atoms with Crippen LogP contribution in [0.5, 0.6) is 5.75 Å². The van der Waals surface area contributed by atoms with Gasteiger partial charge in [0.1, 0.15) is 5.75 Å². The first-order valence-corrected chi connectivity index (χ1v) is 11.6. The van der Waals surface area contributed by atoms with E-state index in [1.54, 1.807) is 6.07 Å². The molecule has 0 fully saturated rings. The maximum Gasteiger partial charge on any atom is 0.258 e. The number of hydrogen-bond donors (Lipinski definition) is 3. The van der Waals surface area contributed by atoms with Crippen molar-refractivity contribution in [2.75, 3.05) is 38.5 Å². The zero-order valence-corrected chi connectivity index (χ0v) is 19.6. The number of anilines is 1. The van der Waals surface area contributed by atoms with Gasteiger partial charge in [-0.25, -0.2) is 0 Å². The SMILES string of the molecule is CC(C)Oc1ccc(-c2nc(-c3ccc4c(c3)CCN(CC(=O)NCCO)CC4)no2)cc1N. The molecule has 0 radical (unpaired) electrons. The van der Waals surface area contributed by atoms with Gasteiger partial charge in [-0.05, 0) is 62.1 Å². The van der Waals surface area contributed by atoms with Crippen LogP contribution < -0.4 is 15.8 Å². The van der Waals surface area contributed by atoms with Crippen LogP contribution in [-0.2, 0) is 17.6 Å². The van der Waals surface area contributed by atoms with Crippen LogP contribution in [0.1, 0.15) is 25.0 Å². The Labute approximate surface area is 198 Å². The summed E-state index contributed by atoms with van der Waals surface area (Å²) in [5.41, 5.74) is 10.8. The van der Waals surface area contributed by atoms with Crippen molar-refractivity contribution in [2.45, 2.75) is 32.8 Å². The summed E-state index contributed by atoms with van der Waals surface area (Å²) in [4.78, 5) is 18.7. The average Bonchev–Trinajstić information content (AvgIpc) is 3.22. The Bertz CT molecular complexity index is 1140. The number of aliphatic hydroxyl groups excluding tert-OH is 1. The lowest BCUT2D eigenvalue weighted by molar-refractivity contribution is -0.122. The molecule has 0 atom stereocenters. The molecule has 180 valence electrons. The fourth-order valence-corrected chi connectivity index (χ4v) is 4.02. The van der Waals surface area contributed by atoms with E-state index in [-0.39, 0.29) is 25.2 Å². The number of nitrogen functional groups attached to an aromatic ring is 1. The first-order chi connectivity index (χ1) is 16.4. The van der Waals surface area contributed by atoms with Gasteiger partial charge in [0, 0.05) is 30.8 Å². The lowest BCUT2D eigenvalue weighted by atomic mass is 10.00. The van der Waals surface area contributed by atoms with E-state index in [0.29, 0.717) is 29.7 Å². The van der Waals surface area contributed by atoms with Crippen LogP contribution in [-0.4, -0.2) is 64.9 Å². The van der Waals surface area contributed by atoms with Crippen LogP contribution in [0.15, 0.2) is 40.9 Å². The summed E-state index contributed by atoms with van der Waals surface area (Å²) in [6.45, 7) is 6.05. The number of nitrogens with two attached hydrogens (primary N) is 1. The summed E-state index contributed by atoms with van der Waals surface area (Å²) >= 11 is 0. The molecule has 0 aliphatic carbocycles. The van der Waals surface area contributed by atoms with Gasteiger partial charge in [0.25, 0.3) is 5.89 Å². The number of carbonyl (C=O) groups excluding carboxylic acids is 1. The van der Waals surface area contributed by atoms with E-state index in [1.165, 1.54) is 11.1 Å². The minimum absolute atomic E-state index is 0.0341. The van der Waals surface area contributed by atoms with Gasteiger partial charge in [0.15, 0.2) is 0 Å². The predicted molar refractivity (Wildman–Crippen MR) is 129 cm³/mol. The molecule has 0 bridgehead atoms. The van der Waals surface area contributed by atoms with Gasteiger partial charge >= 0.3 is 0 Å². The molecular formula is C25H31N5O4. The molecule has 9 heteroatoms. The number of fused-ring (bicyclic) bond motifs is 1. The second kappa shape index (κ2) is 10.7. The number of nitrogens with one attached hydrogen (secondary N) is 1. The van der Waals surface area contributed by atoms with Gasteiger partial charge in [-0.2, -0.15) is 4.98 Å². The van der Waals surface area contributed by atoms with E-state index in [2.05, 4.69) is 32.5 Å². The topological polar surface area (TPSA) is 127 Å². The lowest BCUT2D eigenvalue weighted by Crippen LogP contribution is -2.39. The largest absolute Gasteiger partial charge is 0.489 e. The van der Waals surface area contributed by atoms with Crippen LogP contribution in [0.4, 0.5) is 5.69 Å². The van der Waals surface area contributed by atoms with E-state index in [1.807, 2.05) is 32.0 Å². The van der Waals surface area contributed by atoms with E-state index >= 15 is 0 Å². The van der Waals surface area contributed by atoms with Crippen LogP contribution in [0, 0.1) is 0 Å². The highest BCUT2D eigenvalue weighted by molar-refractivity contribution is 5.78. The summed E-state index contributed by atoms with van der Waals surface area (Å²) in [5, 5.41) is 15.8. The van der Waals surface area contributed by atoms with Gasteiger partial charge in [-0.1, -0.05) is 17.3 Å². The monoisotopic (exact) mass is 465 g/mol. The molecule has 4 N–H and O–H groups in total. The molecule has 3 aromatic rings. The fourth-order valence-electron chi connectivity index (χ4n) is 4.02. The van der Waals surface area contributed by atoms with Crippen molar-refractivity contribution in [1.82, 2.24) is 20.4 Å². The summed E-state index contributed by atoms with van der Waals surface area (Å²) < 4.78 is 11.2. The molecule has 0 saturated carbocycles. The summed E-state index contributed by atoms with van der Waals surface area (Å²) in [5.74, 6) is 1.48. The third kappa shape index (κ3) is 5.73. The number of hydrogen-bond acceptors (Lipinski definition) is 8. The molecule has 1 aromatic heterocycles. The quantitative estimate of drug-likeness (QED) is 0.433. The Morgan fingerprint density at radius 2 is 1.94 bits per heavy atom. The van der Waals surface area contributed by atoms with Crippen molar-refractivity contribution in [1.29, 1.82) is 0 Å². The van der Waals surface area contributed by atoms with Crippen molar-refractivity contribution in [2.24, 2.45) is 0 Å². The summed E-state index contributed by atoms with van der Waals surface area (Å²) in [7, 11) is 0. The van der Waals surface area contributed by atoms with Crippen molar-refractivity contribution >= 4 is 11.6 Å². The lowest BCUT2D eigenvalue weighted by Gasteiger charge is -2.18. The molecule has 34 heavy (non-hydrogen) atoms. The molecule has 0 unspecified atom stereocenters. The van der Waals surface area contributed by atoms with Crippen LogP contribution >= 0.6 is 0 Å². The van der Waals surface area contributed by atoms with Crippen molar-refractivity contribution in [3.05, 3.63) is 47.5 Å². The Kier molecular flexibility index (Phi) is 7.44. The minimum atomic E-state index is -0.0653. The Morgan fingerprint density at radius 1 is 1.18 bits per heavy atom. The summed E-state index contributed by atoms with van der Waals surface area (Å²) in [6, 6.07) is 11.7. The van der Waals surface area contributed by atoms with Gasteiger partial charge in [-0.3, -0.25) is 9.69 Å². The van der Waals surface area contributed by atoms with Gasteiger partial charge in [0.05, 0.1) is 24.9 Å². The number of nitrogens with zero attached hydrogens (tertiary/aromatic N) is 3. The van der Waals surface area contributed by atoms with Crippen molar-refractivity contribution in [3.63, 3.8) is 0 Å². The second-order valence-electron chi connectivity index (χ2n) is 8.68. The maximum absolute atomic E-state index is 12.0. The van der Waals surface area contributed by atoms with E-state index in [9.17, 15) is 4.79 Å². The van der Waals surface area contributed by atoms with Crippen molar-refractivity contribution in [3.8, 4) is 28.6 Å². The number of rotatable bonds is 8. The number of amides is 1. The molecular weight excluding hydrogens is 434 g/mol. The molecule has 0 spiro atoms. The third-order valence-corrected chi connectivity index (χ3v) is 5.71. The first kappa shape index (κ1) is 23.7. The smallest absolute Gasteiger partial charge is 0.258 e. The highest BCUT2D eigenvalue weighted by atomic mass is 16.5. The van der Waals surface area contributed by atoms with E-state index in [0.717, 1.165) is 37.1 Å². The number of aliphatic hydroxyl groups is 1. The minimum Gasteiger partial charge on any atom is -0.489 e. The van der Waals surface area contributed by atoms with Crippen LogP contribution in [0.25, 0.3) is 22.8 Å². The van der Waals surface area contributed by atoms with Crippen LogP contribution in [0.2, 0.25) is 0 Å². The zero-order chi connectivity index (χ0) is 24.1. The molecule has 2 aromatic carbocycles. The average molecular weight is 466 g/mol. The predicted octanol–water partition coefficient (Wildman–Crippen LogP) is 2.28. The fraction of sp³-hybridized carbons (Fsp3) is 0.400. The molecule has 1 aliphatic heterocycles. The molecule has 9 nitrogen and oxygen atoms in total. The van der Waals surface area contributed by atoms with Crippen LogP contribution in [0.3, 0.4) is 0 Å². The maximum atomic E-state index is 12.0. The summed E-state index contributed by atoms with van der Waals surface area (Å²) in [6.07, 6.45) is 1.73. The zero-order valence-electron chi connectivity index (χ0n) is 19.6. The molecule has 4 rings (SSSR count).